The number of fused-ring (bicyclic) bond motifs is 1. The molecule has 3 aromatic rings. The summed E-state index contributed by atoms with van der Waals surface area (Å²) in [6.45, 7) is 1.75. The van der Waals surface area contributed by atoms with Gasteiger partial charge in [0.1, 0.15) is 5.56 Å². The fraction of sp³-hybridized carbons (Fsp3) is 0.381. The van der Waals surface area contributed by atoms with E-state index in [9.17, 15) is 13.2 Å². The highest BCUT2D eigenvalue weighted by Gasteiger charge is 2.29. The lowest BCUT2D eigenvalue weighted by Gasteiger charge is -2.30. The fourth-order valence-corrected chi connectivity index (χ4v) is 5.39. The largest absolute Gasteiger partial charge is 0.322 e. The van der Waals surface area contributed by atoms with Crippen molar-refractivity contribution in [2.75, 3.05) is 12.4 Å². The summed E-state index contributed by atoms with van der Waals surface area (Å²) in [6, 6.07) is 8.07. The van der Waals surface area contributed by atoms with Crippen LogP contribution in [0.2, 0.25) is 0 Å². The zero-order valence-electron chi connectivity index (χ0n) is 17.1. The molecule has 9 heteroatoms. The molecular formula is C21H25N5O3S. The number of hydrogen-bond donors (Lipinski definition) is 1. The van der Waals surface area contributed by atoms with Crippen LogP contribution >= 0.6 is 0 Å². The van der Waals surface area contributed by atoms with Crippen LogP contribution in [0, 0.1) is 6.92 Å². The minimum atomic E-state index is -3.57. The summed E-state index contributed by atoms with van der Waals surface area (Å²) < 4.78 is 29.0. The van der Waals surface area contributed by atoms with Crippen molar-refractivity contribution in [2.24, 2.45) is 0 Å². The number of carbonyl (C=O) groups excluding carboxylic acids is 1. The Morgan fingerprint density at radius 2 is 1.87 bits per heavy atom. The minimum absolute atomic E-state index is 0.0502. The predicted molar refractivity (Wildman–Crippen MR) is 114 cm³/mol. The van der Waals surface area contributed by atoms with Gasteiger partial charge < -0.3 is 5.32 Å². The third-order valence-corrected chi connectivity index (χ3v) is 7.60. The van der Waals surface area contributed by atoms with Crippen LogP contribution < -0.4 is 5.32 Å². The first-order chi connectivity index (χ1) is 14.4. The summed E-state index contributed by atoms with van der Waals surface area (Å²) in [7, 11) is -1.91. The number of hydrogen-bond acceptors (Lipinski definition) is 5. The first-order valence-corrected chi connectivity index (χ1v) is 11.5. The monoisotopic (exact) mass is 427 g/mol. The Morgan fingerprint density at radius 3 is 2.57 bits per heavy atom. The third kappa shape index (κ3) is 3.82. The molecule has 0 radical (unpaired) electrons. The second kappa shape index (κ2) is 8.16. The molecule has 0 unspecified atom stereocenters. The van der Waals surface area contributed by atoms with Crippen LogP contribution in [0.4, 0.5) is 5.69 Å². The van der Waals surface area contributed by atoms with Crippen LogP contribution in [0.5, 0.6) is 0 Å². The van der Waals surface area contributed by atoms with Gasteiger partial charge in [-0.15, -0.1) is 0 Å². The molecule has 0 saturated heterocycles. The van der Waals surface area contributed by atoms with E-state index in [0.29, 0.717) is 22.6 Å². The number of benzene rings is 1. The van der Waals surface area contributed by atoms with Crippen LogP contribution in [0.25, 0.3) is 5.65 Å². The Labute approximate surface area is 176 Å². The number of aryl methyl sites for hydroxylation is 1. The average Bonchev–Trinajstić information content (AvgIpc) is 3.10. The molecule has 0 spiro atoms. The van der Waals surface area contributed by atoms with Gasteiger partial charge in [-0.2, -0.15) is 9.40 Å². The van der Waals surface area contributed by atoms with Gasteiger partial charge in [0.25, 0.3) is 5.91 Å². The molecule has 0 aliphatic heterocycles. The van der Waals surface area contributed by atoms with Crippen molar-refractivity contribution in [2.45, 2.75) is 50.0 Å². The topological polar surface area (TPSA) is 96.7 Å². The van der Waals surface area contributed by atoms with Gasteiger partial charge in [0.05, 0.1) is 10.6 Å². The summed E-state index contributed by atoms with van der Waals surface area (Å²) in [6.07, 6.45) is 8.43. The molecule has 2 heterocycles. The number of amides is 1. The van der Waals surface area contributed by atoms with Gasteiger partial charge in [0.15, 0.2) is 5.65 Å². The summed E-state index contributed by atoms with van der Waals surface area (Å²) in [5, 5.41) is 7.10. The standard InChI is InChI=1S/C21H25N5O3S/c1-15-19(20-22-13-6-14-26(20)24-15)21(27)23-16-9-11-18(12-10-16)30(28,29)25(2)17-7-4-3-5-8-17/h6,9-14,17H,3-5,7-8H2,1-2H3,(H,23,27). The number of nitrogens with one attached hydrogen (secondary N) is 1. The lowest BCUT2D eigenvalue weighted by atomic mass is 9.96. The lowest BCUT2D eigenvalue weighted by molar-refractivity contribution is 0.102. The SMILES string of the molecule is Cc1nn2cccnc2c1C(=O)Nc1ccc(S(=O)(=O)N(C)C2CCCCC2)cc1. The lowest BCUT2D eigenvalue weighted by Crippen LogP contribution is -2.38. The quantitative estimate of drug-likeness (QED) is 0.674. The normalized spacial score (nSPS) is 15.6. The molecule has 2 aromatic heterocycles. The molecule has 0 atom stereocenters. The van der Waals surface area contributed by atoms with Gasteiger partial charge in [-0.1, -0.05) is 19.3 Å². The van der Waals surface area contributed by atoms with Gasteiger partial charge in [-0.3, -0.25) is 4.79 Å². The van der Waals surface area contributed by atoms with Crippen molar-refractivity contribution in [3.63, 3.8) is 0 Å². The fourth-order valence-electron chi connectivity index (χ4n) is 3.97. The van der Waals surface area contributed by atoms with Crippen LogP contribution in [0.15, 0.2) is 47.6 Å². The van der Waals surface area contributed by atoms with E-state index >= 15 is 0 Å². The van der Waals surface area contributed by atoms with Crippen LogP contribution in [0.1, 0.15) is 48.2 Å². The van der Waals surface area contributed by atoms with E-state index in [1.165, 1.54) is 22.9 Å². The van der Waals surface area contributed by atoms with E-state index in [-0.39, 0.29) is 16.8 Å². The zero-order valence-corrected chi connectivity index (χ0v) is 17.9. The number of sulfonamides is 1. The number of rotatable bonds is 5. The smallest absolute Gasteiger partial charge is 0.261 e. The van der Waals surface area contributed by atoms with Crippen molar-refractivity contribution >= 4 is 27.3 Å². The summed E-state index contributed by atoms with van der Waals surface area (Å²) in [5.74, 6) is -0.337. The van der Waals surface area contributed by atoms with E-state index in [0.717, 1.165) is 25.7 Å². The molecule has 1 N–H and O–H groups in total. The van der Waals surface area contributed by atoms with Crippen LogP contribution in [-0.4, -0.2) is 46.3 Å². The molecule has 1 fully saturated rings. The van der Waals surface area contributed by atoms with E-state index in [2.05, 4.69) is 15.4 Å². The maximum atomic E-state index is 13.0. The molecule has 1 saturated carbocycles. The second-order valence-electron chi connectivity index (χ2n) is 7.64. The molecule has 1 aliphatic rings. The zero-order chi connectivity index (χ0) is 21.3. The van der Waals surface area contributed by atoms with Gasteiger partial charge in [0.2, 0.25) is 10.0 Å². The molecule has 158 valence electrons. The molecule has 1 aromatic carbocycles. The Hall–Kier alpha value is -2.78. The summed E-state index contributed by atoms with van der Waals surface area (Å²) >= 11 is 0. The third-order valence-electron chi connectivity index (χ3n) is 5.68. The molecule has 8 nitrogen and oxygen atoms in total. The first kappa shape index (κ1) is 20.5. The van der Waals surface area contributed by atoms with Crippen molar-refractivity contribution in [3.05, 3.63) is 54.0 Å². The number of carbonyl (C=O) groups is 1. The highest BCUT2D eigenvalue weighted by Crippen LogP contribution is 2.27. The van der Waals surface area contributed by atoms with E-state index in [1.807, 2.05) is 0 Å². The van der Waals surface area contributed by atoms with E-state index in [4.69, 9.17) is 0 Å². The van der Waals surface area contributed by atoms with Crippen LogP contribution in [0.3, 0.4) is 0 Å². The maximum absolute atomic E-state index is 13.0. The molecule has 1 aliphatic carbocycles. The van der Waals surface area contributed by atoms with E-state index < -0.39 is 10.0 Å². The maximum Gasteiger partial charge on any atom is 0.261 e. The summed E-state index contributed by atoms with van der Waals surface area (Å²) in [4.78, 5) is 17.2. The molecular weight excluding hydrogens is 402 g/mol. The summed E-state index contributed by atoms with van der Waals surface area (Å²) in [5.41, 5.74) is 1.94. The Bertz CT molecular complexity index is 1170. The van der Waals surface area contributed by atoms with Crippen molar-refractivity contribution in [1.29, 1.82) is 0 Å². The van der Waals surface area contributed by atoms with Crippen molar-refractivity contribution in [3.8, 4) is 0 Å². The van der Waals surface area contributed by atoms with Crippen molar-refractivity contribution < 1.29 is 13.2 Å². The molecule has 30 heavy (non-hydrogen) atoms. The molecule has 4 rings (SSSR count). The average molecular weight is 428 g/mol. The molecule has 0 bridgehead atoms. The van der Waals surface area contributed by atoms with Gasteiger partial charge in [0, 0.05) is 31.2 Å². The van der Waals surface area contributed by atoms with Gasteiger partial charge >= 0.3 is 0 Å². The molecule has 1 amide bonds. The van der Waals surface area contributed by atoms with Gasteiger partial charge in [-0.05, 0) is 50.1 Å². The second-order valence-corrected chi connectivity index (χ2v) is 9.64. The number of anilines is 1. The van der Waals surface area contributed by atoms with Crippen LogP contribution in [-0.2, 0) is 10.0 Å². The first-order valence-electron chi connectivity index (χ1n) is 10.1. The Morgan fingerprint density at radius 1 is 1.17 bits per heavy atom. The van der Waals surface area contributed by atoms with E-state index in [1.54, 1.807) is 49.1 Å². The minimum Gasteiger partial charge on any atom is -0.322 e. The van der Waals surface area contributed by atoms with Gasteiger partial charge in [-0.25, -0.2) is 17.9 Å². The highest BCUT2D eigenvalue weighted by molar-refractivity contribution is 7.89. The number of aromatic nitrogens is 3. The predicted octanol–water partition coefficient (Wildman–Crippen LogP) is 3.24. The highest BCUT2D eigenvalue weighted by atomic mass is 32.2. The Balaban J connectivity index is 1.52. The Kier molecular flexibility index (Phi) is 5.57. The van der Waals surface area contributed by atoms with Crippen molar-refractivity contribution in [1.82, 2.24) is 18.9 Å². The number of nitrogens with zero attached hydrogens (tertiary/aromatic N) is 4.